The second kappa shape index (κ2) is 8.63. The number of nitrogens with zero attached hydrogens (tertiary/aromatic N) is 2. The number of likely N-dealkylation sites (N-methyl/N-ethyl adjacent to an activating group) is 1. The van der Waals surface area contributed by atoms with Crippen LogP contribution in [0.4, 0.5) is 4.39 Å². The van der Waals surface area contributed by atoms with Crippen LogP contribution in [-0.4, -0.2) is 60.2 Å². The van der Waals surface area contributed by atoms with E-state index in [2.05, 4.69) is 6.92 Å². The van der Waals surface area contributed by atoms with Crippen LogP contribution in [0.2, 0.25) is 0 Å². The lowest BCUT2D eigenvalue weighted by molar-refractivity contribution is -0.159. The van der Waals surface area contributed by atoms with E-state index < -0.39 is 5.60 Å². The number of carbonyl (C=O) groups excluding carboxylic acids is 1. The van der Waals surface area contributed by atoms with Gasteiger partial charge in [-0.3, -0.25) is 4.79 Å². The van der Waals surface area contributed by atoms with E-state index in [0.29, 0.717) is 37.2 Å². The number of amides is 1. The molecule has 0 spiro atoms. The third-order valence-corrected chi connectivity index (χ3v) is 4.74. The highest BCUT2D eigenvalue weighted by Crippen LogP contribution is 2.26. The molecule has 1 aromatic carbocycles. The maximum absolute atomic E-state index is 14.1. The number of methoxy groups -OCH3 is 1. The second-order valence-electron chi connectivity index (χ2n) is 6.91. The quantitative estimate of drug-likeness (QED) is 0.781. The lowest BCUT2D eigenvalue weighted by Crippen LogP contribution is -2.58. The number of likely N-dealkylation sites (tertiary alicyclic amines) is 1. The molecule has 25 heavy (non-hydrogen) atoms. The highest BCUT2D eigenvalue weighted by molar-refractivity contribution is 5.86. The van der Waals surface area contributed by atoms with Crippen LogP contribution in [0.5, 0.6) is 5.75 Å². The first kappa shape index (κ1) is 19.7. The van der Waals surface area contributed by atoms with Gasteiger partial charge in [-0.05, 0) is 51.1 Å². The number of benzene rings is 1. The van der Waals surface area contributed by atoms with Crippen molar-refractivity contribution in [2.75, 3.05) is 33.8 Å². The minimum Gasteiger partial charge on any atom is -0.497 e. The van der Waals surface area contributed by atoms with Gasteiger partial charge in [0.2, 0.25) is 0 Å². The molecular weight excluding hydrogens is 323 g/mol. The zero-order valence-corrected chi connectivity index (χ0v) is 15.4. The minimum atomic E-state index is -1.39. The third-order valence-electron chi connectivity index (χ3n) is 4.74. The fraction of sp³-hybridized carbons (Fsp3) is 0.632. The topological polar surface area (TPSA) is 53.0 Å². The molecule has 2 rings (SSSR count). The smallest absolute Gasteiger partial charge is 0.256 e. The molecule has 0 aliphatic carbocycles. The van der Waals surface area contributed by atoms with Crippen LogP contribution in [0.3, 0.4) is 0 Å². The SMILES string of the molecule is CCCCN(C)C[C@@]1(O)CCCN(Cc2cc(OC)ccc2F)C1=O. The Labute approximate surface area is 149 Å². The molecule has 1 aliphatic rings. The van der Waals surface area contributed by atoms with Gasteiger partial charge in [0.15, 0.2) is 5.60 Å². The number of unbranched alkanes of at least 4 members (excludes halogenated alkanes) is 1. The number of hydrogen-bond acceptors (Lipinski definition) is 4. The van der Waals surface area contributed by atoms with Crippen LogP contribution in [-0.2, 0) is 11.3 Å². The first-order valence-corrected chi connectivity index (χ1v) is 8.92. The van der Waals surface area contributed by atoms with Gasteiger partial charge in [0.25, 0.3) is 5.91 Å². The number of ether oxygens (including phenoxy) is 1. The molecule has 1 aromatic rings. The van der Waals surface area contributed by atoms with Crippen LogP contribution >= 0.6 is 0 Å². The molecule has 1 amide bonds. The zero-order valence-electron chi connectivity index (χ0n) is 15.4. The Morgan fingerprint density at radius 2 is 2.20 bits per heavy atom. The van der Waals surface area contributed by atoms with Gasteiger partial charge in [-0.2, -0.15) is 0 Å². The van der Waals surface area contributed by atoms with Crippen molar-refractivity contribution < 1.29 is 19.0 Å². The summed E-state index contributed by atoms with van der Waals surface area (Å²) in [6.45, 7) is 3.93. The Bertz CT molecular complexity index is 596. The molecular formula is C19H29FN2O3. The molecule has 0 bridgehead atoms. The molecule has 140 valence electrons. The molecule has 0 saturated carbocycles. The van der Waals surface area contributed by atoms with Crippen molar-refractivity contribution in [1.82, 2.24) is 9.80 Å². The molecule has 1 saturated heterocycles. The van der Waals surface area contributed by atoms with Crippen molar-refractivity contribution in [3.8, 4) is 5.75 Å². The van der Waals surface area contributed by atoms with Crippen molar-refractivity contribution in [1.29, 1.82) is 0 Å². The van der Waals surface area contributed by atoms with Gasteiger partial charge >= 0.3 is 0 Å². The Kier molecular flexibility index (Phi) is 6.79. The van der Waals surface area contributed by atoms with Gasteiger partial charge in [0.05, 0.1) is 7.11 Å². The largest absolute Gasteiger partial charge is 0.497 e. The maximum atomic E-state index is 14.1. The molecule has 0 aromatic heterocycles. The molecule has 1 aliphatic heterocycles. The summed E-state index contributed by atoms with van der Waals surface area (Å²) < 4.78 is 19.2. The van der Waals surface area contributed by atoms with Crippen molar-refractivity contribution >= 4 is 5.91 Å². The van der Waals surface area contributed by atoms with Crippen LogP contribution in [0, 0.1) is 5.82 Å². The summed E-state index contributed by atoms with van der Waals surface area (Å²) in [4.78, 5) is 16.4. The predicted octanol–water partition coefficient (Wildman–Crippen LogP) is 2.42. The zero-order chi connectivity index (χ0) is 18.4. The van der Waals surface area contributed by atoms with Gasteiger partial charge in [0.1, 0.15) is 11.6 Å². The van der Waals surface area contributed by atoms with E-state index in [1.54, 1.807) is 17.0 Å². The lowest BCUT2D eigenvalue weighted by Gasteiger charge is -2.40. The van der Waals surface area contributed by atoms with E-state index >= 15 is 0 Å². The van der Waals surface area contributed by atoms with E-state index in [4.69, 9.17) is 4.74 Å². The minimum absolute atomic E-state index is 0.142. The summed E-state index contributed by atoms with van der Waals surface area (Å²) in [7, 11) is 3.44. The molecule has 1 N–H and O–H groups in total. The van der Waals surface area contributed by atoms with Crippen molar-refractivity contribution in [3.63, 3.8) is 0 Å². The summed E-state index contributed by atoms with van der Waals surface area (Å²) in [6, 6.07) is 4.49. The summed E-state index contributed by atoms with van der Waals surface area (Å²) in [5, 5.41) is 10.9. The standard InChI is InChI=1S/C19H29FN2O3/c1-4-5-10-21(2)14-19(24)9-6-11-22(18(19)23)13-15-12-16(25-3)7-8-17(15)20/h7-8,12,24H,4-6,9-11,13-14H2,1-3H3/t19-/m0/s1. The summed E-state index contributed by atoms with van der Waals surface area (Å²) in [5.41, 5.74) is -0.993. The molecule has 1 fully saturated rings. The number of piperidine rings is 1. The second-order valence-corrected chi connectivity index (χ2v) is 6.91. The Hall–Kier alpha value is -1.66. The first-order valence-electron chi connectivity index (χ1n) is 8.92. The van der Waals surface area contributed by atoms with Gasteiger partial charge in [-0.1, -0.05) is 13.3 Å². The Morgan fingerprint density at radius 3 is 2.88 bits per heavy atom. The van der Waals surface area contributed by atoms with E-state index in [1.165, 1.54) is 13.2 Å². The fourth-order valence-electron chi connectivity index (χ4n) is 3.32. The van der Waals surface area contributed by atoms with E-state index in [1.807, 2.05) is 11.9 Å². The highest BCUT2D eigenvalue weighted by Gasteiger charge is 2.42. The van der Waals surface area contributed by atoms with Gasteiger partial charge < -0.3 is 19.6 Å². The van der Waals surface area contributed by atoms with Gasteiger partial charge in [-0.25, -0.2) is 4.39 Å². The first-order chi connectivity index (χ1) is 11.9. The van der Waals surface area contributed by atoms with Crippen LogP contribution < -0.4 is 4.74 Å². The van der Waals surface area contributed by atoms with Crippen molar-refractivity contribution in [3.05, 3.63) is 29.6 Å². The van der Waals surface area contributed by atoms with Crippen molar-refractivity contribution in [2.45, 2.75) is 44.8 Å². The summed E-state index contributed by atoms with van der Waals surface area (Å²) in [6.07, 6.45) is 3.24. The lowest BCUT2D eigenvalue weighted by atomic mass is 9.90. The number of halogens is 1. The number of rotatable bonds is 8. The summed E-state index contributed by atoms with van der Waals surface area (Å²) >= 11 is 0. The average molecular weight is 352 g/mol. The van der Waals surface area contributed by atoms with Crippen LogP contribution in [0.15, 0.2) is 18.2 Å². The van der Waals surface area contributed by atoms with Crippen molar-refractivity contribution in [2.24, 2.45) is 0 Å². The monoisotopic (exact) mass is 352 g/mol. The number of carbonyl (C=O) groups is 1. The summed E-state index contributed by atoms with van der Waals surface area (Å²) in [5.74, 6) is -0.137. The molecule has 6 heteroatoms. The normalized spacial score (nSPS) is 21.0. The number of aliphatic hydroxyl groups is 1. The Morgan fingerprint density at radius 1 is 1.44 bits per heavy atom. The van der Waals surface area contributed by atoms with E-state index in [0.717, 1.165) is 19.4 Å². The molecule has 0 unspecified atom stereocenters. The third kappa shape index (κ3) is 4.92. The van der Waals surface area contributed by atoms with Gasteiger partial charge in [-0.15, -0.1) is 0 Å². The maximum Gasteiger partial charge on any atom is 0.256 e. The fourth-order valence-corrected chi connectivity index (χ4v) is 3.32. The highest BCUT2D eigenvalue weighted by atomic mass is 19.1. The Balaban J connectivity index is 2.08. The van der Waals surface area contributed by atoms with E-state index in [-0.39, 0.29) is 18.3 Å². The van der Waals surface area contributed by atoms with E-state index in [9.17, 15) is 14.3 Å². The molecule has 1 heterocycles. The number of hydrogen-bond donors (Lipinski definition) is 1. The van der Waals surface area contributed by atoms with Crippen LogP contribution in [0.25, 0.3) is 0 Å². The molecule has 5 nitrogen and oxygen atoms in total. The average Bonchev–Trinajstić information content (AvgIpc) is 2.59. The predicted molar refractivity (Wildman–Crippen MR) is 95.0 cm³/mol. The van der Waals surface area contributed by atoms with Gasteiger partial charge in [0, 0.05) is 25.2 Å². The molecule has 1 atom stereocenters. The molecule has 0 radical (unpaired) electrons. The van der Waals surface area contributed by atoms with Crippen LogP contribution in [0.1, 0.15) is 38.2 Å².